The highest BCUT2D eigenvalue weighted by atomic mass is 19.1. The number of benzene rings is 2. The summed E-state index contributed by atoms with van der Waals surface area (Å²) in [7, 11) is 0. The van der Waals surface area contributed by atoms with Gasteiger partial charge in [0.15, 0.2) is 0 Å². The summed E-state index contributed by atoms with van der Waals surface area (Å²) in [6.45, 7) is 5.25. The molecule has 4 nitrogen and oxygen atoms in total. The molecule has 26 heavy (non-hydrogen) atoms. The average Bonchev–Trinajstić information content (AvgIpc) is 2.95. The van der Waals surface area contributed by atoms with Crippen LogP contribution < -0.4 is 10.2 Å². The number of para-hydroxylation sites is 1. The normalized spacial score (nSPS) is 16.3. The SMILES string of the molecule is CC1Cc2ccccc2N1C(=O)C(C)(C)C(=O)NCc1ccccc1F. The van der Waals surface area contributed by atoms with Crippen LogP contribution in [0, 0.1) is 11.2 Å². The fraction of sp³-hybridized carbons (Fsp3) is 0.333. The summed E-state index contributed by atoms with van der Waals surface area (Å²) < 4.78 is 13.7. The number of carbonyl (C=O) groups excluding carboxylic acids is 2. The summed E-state index contributed by atoms with van der Waals surface area (Å²) in [5, 5.41) is 2.70. The Kier molecular flexibility index (Phi) is 4.81. The van der Waals surface area contributed by atoms with Crippen LogP contribution in [0.1, 0.15) is 31.9 Å². The number of halogens is 1. The van der Waals surface area contributed by atoms with E-state index < -0.39 is 11.3 Å². The molecule has 0 fully saturated rings. The van der Waals surface area contributed by atoms with Crippen LogP contribution in [0.15, 0.2) is 48.5 Å². The van der Waals surface area contributed by atoms with Gasteiger partial charge in [0.2, 0.25) is 11.8 Å². The number of nitrogens with zero attached hydrogens (tertiary/aromatic N) is 1. The zero-order valence-electron chi connectivity index (χ0n) is 15.3. The highest BCUT2D eigenvalue weighted by Crippen LogP contribution is 2.35. The standard InChI is InChI=1S/C21H23FN2O2/c1-14-12-15-8-5-7-11-18(15)24(14)20(26)21(2,3)19(25)23-13-16-9-4-6-10-17(16)22/h4-11,14H,12-13H2,1-3H3,(H,23,25). The second-order valence-electron chi connectivity index (χ2n) is 7.26. The van der Waals surface area contributed by atoms with Gasteiger partial charge in [-0.1, -0.05) is 36.4 Å². The van der Waals surface area contributed by atoms with Crippen LogP contribution in [0.4, 0.5) is 10.1 Å². The summed E-state index contributed by atoms with van der Waals surface area (Å²) in [5.74, 6) is -1.04. The highest BCUT2D eigenvalue weighted by Gasteiger charge is 2.43. The Morgan fingerprint density at radius 1 is 1.15 bits per heavy atom. The van der Waals surface area contributed by atoms with Crippen LogP contribution >= 0.6 is 0 Å². The molecule has 0 bridgehead atoms. The highest BCUT2D eigenvalue weighted by molar-refractivity contribution is 6.12. The molecule has 0 spiro atoms. The van der Waals surface area contributed by atoms with Crippen molar-refractivity contribution in [3.8, 4) is 0 Å². The lowest BCUT2D eigenvalue weighted by Gasteiger charge is -2.31. The van der Waals surface area contributed by atoms with Crippen molar-refractivity contribution in [2.45, 2.75) is 39.8 Å². The van der Waals surface area contributed by atoms with Crippen molar-refractivity contribution in [2.24, 2.45) is 5.41 Å². The van der Waals surface area contributed by atoms with E-state index in [0.717, 1.165) is 17.7 Å². The molecule has 3 rings (SSSR count). The molecular formula is C21H23FN2O2. The Labute approximate surface area is 153 Å². The van der Waals surface area contributed by atoms with Crippen LogP contribution in [0.2, 0.25) is 0 Å². The van der Waals surface area contributed by atoms with E-state index in [2.05, 4.69) is 5.32 Å². The van der Waals surface area contributed by atoms with E-state index in [0.29, 0.717) is 5.56 Å². The third-order valence-electron chi connectivity index (χ3n) is 4.93. The van der Waals surface area contributed by atoms with Crippen LogP contribution in [0.5, 0.6) is 0 Å². The first kappa shape index (κ1) is 18.1. The fourth-order valence-electron chi connectivity index (χ4n) is 3.31. The zero-order chi connectivity index (χ0) is 18.9. The Bertz CT molecular complexity index is 847. The predicted molar refractivity (Wildman–Crippen MR) is 99.1 cm³/mol. The Balaban J connectivity index is 1.76. The molecule has 0 saturated heterocycles. The largest absolute Gasteiger partial charge is 0.351 e. The maximum Gasteiger partial charge on any atom is 0.242 e. The first-order chi connectivity index (χ1) is 12.3. The molecule has 5 heteroatoms. The average molecular weight is 354 g/mol. The van der Waals surface area contributed by atoms with E-state index in [9.17, 15) is 14.0 Å². The number of rotatable bonds is 4. The van der Waals surface area contributed by atoms with E-state index in [1.165, 1.54) is 6.07 Å². The molecule has 2 amide bonds. The molecule has 1 N–H and O–H groups in total. The van der Waals surface area contributed by atoms with Gasteiger partial charge in [0.1, 0.15) is 11.2 Å². The van der Waals surface area contributed by atoms with Gasteiger partial charge in [0.05, 0.1) is 0 Å². The first-order valence-electron chi connectivity index (χ1n) is 8.75. The van der Waals surface area contributed by atoms with E-state index in [1.54, 1.807) is 36.9 Å². The van der Waals surface area contributed by atoms with Gasteiger partial charge in [0, 0.05) is 23.8 Å². The van der Waals surface area contributed by atoms with Crippen molar-refractivity contribution in [1.82, 2.24) is 5.32 Å². The molecule has 1 aliphatic rings. The number of nitrogens with one attached hydrogen (secondary N) is 1. The van der Waals surface area contributed by atoms with E-state index in [-0.39, 0.29) is 24.3 Å². The van der Waals surface area contributed by atoms with Gasteiger partial charge >= 0.3 is 0 Å². The Hall–Kier alpha value is -2.69. The molecule has 1 atom stereocenters. The van der Waals surface area contributed by atoms with E-state index in [1.807, 2.05) is 31.2 Å². The van der Waals surface area contributed by atoms with E-state index in [4.69, 9.17) is 0 Å². The van der Waals surface area contributed by atoms with Gasteiger partial charge in [0.25, 0.3) is 0 Å². The summed E-state index contributed by atoms with van der Waals surface area (Å²) in [4.78, 5) is 27.5. The molecule has 1 aliphatic heterocycles. The maximum absolute atomic E-state index is 13.7. The summed E-state index contributed by atoms with van der Waals surface area (Å²) >= 11 is 0. The summed E-state index contributed by atoms with van der Waals surface area (Å²) in [6, 6.07) is 14.0. The van der Waals surface area contributed by atoms with Gasteiger partial charge in [-0.2, -0.15) is 0 Å². The molecule has 0 saturated carbocycles. The Morgan fingerprint density at radius 2 is 1.81 bits per heavy atom. The first-order valence-corrected chi connectivity index (χ1v) is 8.75. The second-order valence-corrected chi connectivity index (χ2v) is 7.26. The number of hydrogen-bond donors (Lipinski definition) is 1. The van der Waals surface area contributed by atoms with Crippen molar-refractivity contribution in [2.75, 3.05) is 4.90 Å². The van der Waals surface area contributed by atoms with Crippen LogP contribution in [-0.4, -0.2) is 17.9 Å². The molecule has 2 aromatic rings. The van der Waals surface area contributed by atoms with Crippen LogP contribution in [0.3, 0.4) is 0 Å². The lowest BCUT2D eigenvalue weighted by atomic mass is 9.89. The van der Waals surface area contributed by atoms with Crippen molar-refractivity contribution in [1.29, 1.82) is 0 Å². The van der Waals surface area contributed by atoms with E-state index >= 15 is 0 Å². The number of anilines is 1. The van der Waals surface area contributed by atoms with Gasteiger partial charge in [-0.25, -0.2) is 4.39 Å². The molecule has 0 radical (unpaired) electrons. The van der Waals surface area contributed by atoms with Crippen LogP contribution in [0.25, 0.3) is 0 Å². The predicted octanol–water partition coefficient (Wildman–Crippen LogP) is 3.45. The van der Waals surface area contributed by atoms with Gasteiger partial charge < -0.3 is 10.2 Å². The number of fused-ring (bicyclic) bond motifs is 1. The molecule has 1 unspecified atom stereocenters. The van der Waals surface area contributed by atoms with Crippen molar-refractivity contribution < 1.29 is 14.0 Å². The van der Waals surface area contributed by atoms with Crippen molar-refractivity contribution in [3.05, 3.63) is 65.5 Å². The smallest absolute Gasteiger partial charge is 0.242 e. The third kappa shape index (κ3) is 3.21. The zero-order valence-corrected chi connectivity index (χ0v) is 15.3. The molecular weight excluding hydrogens is 331 g/mol. The lowest BCUT2D eigenvalue weighted by molar-refractivity contribution is -0.140. The summed E-state index contributed by atoms with van der Waals surface area (Å²) in [6.07, 6.45) is 0.773. The van der Waals surface area contributed by atoms with Crippen LogP contribution in [-0.2, 0) is 22.6 Å². The van der Waals surface area contributed by atoms with Gasteiger partial charge in [-0.3, -0.25) is 9.59 Å². The van der Waals surface area contributed by atoms with Crippen molar-refractivity contribution >= 4 is 17.5 Å². The maximum atomic E-state index is 13.7. The minimum Gasteiger partial charge on any atom is -0.351 e. The van der Waals surface area contributed by atoms with Crippen molar-refractivity contribution in [3.63, 3.8) is 0 Å². The van der Waals surface area contributed by atoms with Gasteiger partial charge in [-0.05, 0) is 44.9 Å². The quantitative estimate of drug-likeness (QED) is 0.855. The number of hydrogen-bond acceptors (Lipinski definition) is 2. The minimum atomic E-state index is -1.25. The molecule has 0 aromatic heterocycles. The molecule has 136 valence electrons. The third-order valence-corrected chi connectivity index (χ3v) is 4.93. The fourth-order valence-corrected chi connectivity index (χ4v) is 3.31. The Morgan fingerprint density at radius 3 is 2.54 bits per heavy atom. The number of carbonyl (C=O) groups is 2. The second kappa shape index (κ2) is 6.90. The summed E-state index contributed by atoms with van der Waals surface area (Å²) in [5.41, 5.74) is 1.11. The van der Waals surface area contributed by atoms with Gasteiger partial charge in [-0.15, -0.1) is 0 Å². The molecule has 2 aromatic carbocycles. The lowest BCUT2D eigenvalue weighted by Crippen LogP contribution is -2.51. The molecule has 1 heterocycles. The topological polar surface area (TPSA) is 49.4 Å². The molecule has 0 aliphatic carbocycles. The monoisotopic (exact) mass is 354 g/mol. The number of amides is 2. The minimum absolute atomic E-state index is 0.00135.